The van der Waals surface area contributed by atoms with Crippen molar-refractivity contribution in [1.82, 2.24) is 5.32 Å². The van der Waals surface area contributed by atoms with E-state index in [1.807, 2.05) is 6.92 Å². The molecule has 0 aliphatic carbocycles. The number of hydrogen-bond acceptors (Lipinski definition) is 2. The number of ether oxygens (including phenoxy) is 1. The van der Waals surface area contributed by atoms with Crippen LogP contribution in [-0.4, -0.2) is 18.1 Å². The molecule has 1 aromatic carbocycles. The third-order valence-corrected chi connectivity index (χ3v) is 3.21. The molecule has 0 aromatic heterocycles. The Hall–Kier alpha value is -0.930. The van der Waals surface area contributed by atoms with Gasteiger partial charge in [0.25, 0.3) is 5.91 Å². The van der Waals surface area contributed by atoms with Gasteiger partial charge in [0.1, 0.15) is 5.75 Å². The molecule has 0 saturated heterocycles. The minimum Gasteiger partial charge on any atom is -0.479 e. The first-order chi connectivity index (χ1) is 8.93. The molecule has 0 aliphatic rings. The summed E-state index contributed by atoms with van der Waals surface area (Å²) in [7, 11) is 0. The first-order valence-electron chi connectivity index (χ1n) is 6.36. The second kappa shape index (κ2) is 7.61. The molecule has 0 bridgehead atoms. The van der Waals surface area contributed by atoms with Gasteiger partial charge in [-0.25, -0.2) is 0 Å². The topological polar surface area (TPSA) is 38.3 Å². The Morgan fingerprint density at radius 2 is 2.05 bits per heavy atom. The molecule has 0 heterocycles. The summed E-state index contributed by atoms with van der Waals surface area (Å²) in [6.45, 7) is 5.75. The normalized spacial score (nSPS) is 13.7. The molecule has 106 valence electrons. The van der Waals surface area contributed by atoms with E-state index in [2.05, 4.69) is 12.2 Å². The molecule has 0 unspecified atom stereocenters. The van der Waals surface area contributed by atoms with Crippen LogP contribution < -0.4 is 10.1 Å². The van der Waals surface area contributed by atoms with Crippen LogP contribution in [0.2, 0.25) is 10.0 Å². The number of carbonyl (C=O) groups excluding carboxylic acids is 1. The molecule has 0 spiro atoms. The van der Waals surface area contributed by atoms with Crippen molar-refractivity contribution in [1.29, 1.82) is 0 Å². The highest BCUT2D eigenvalue weighted by Crippen LogP contribution is 2.28. The van der Waals surface area contributed by atoms with Crippen molar-refractivity contribution in [3.8, 4) is 5.75 Å². The van der Waals surface area contributed by atoms with Crippen LogP contribution in [0.1, 0.15) is 33.6 Å². The molecule has 2 atom stereocenters. The van der Waals surface area contributed by atoms with Crippen LogP contribution >= 0.6 is 23.2 Å². The van der Waals surface area contributed by atoms with E-state index in [0.29, 0.717) is 15.8 Å². The highest BCUT2D eigenvalue weighted by molar-refractivity contribution is 6.35. The summed E-state index contributed by atoms with van der Waals surface area (Å²) in [5.41, 5.74) is 0. The smallest absolute Gasteiger partial charge is 0.260 e. The monoisotopic (exact) mass is 303 g/mol. The van der Waals surface area contributed by atoms with Crippen LogP contribution in [0.25, 0.3) is 0 Å². The van der Waals surface area contributed by atoms with Crippen molar-refractivity contribution in [2.24, 2.45) is 0 Å². The highest BCUT2D eigenvalue weighted by atomic mass is 35.5. The Bertz CT molecular complexity index is 437. The van der Waals surface area contributed by atoms with E-state index in [1.54, 1.807) is 25.1 Å². The van der Waals surface area contributed by atoms with Gasteiger partial charge in [-0.05, 0) is 38.5 Å². The van der Waals surface area contributed by atoms with Gasteiger partial charge in [0, 0.05) is 11.1 Å². The van der Waals surface area contributed by atoms with Gasteiger partial charge in [-0.15, -0.1) is 0 Å². The zero-order valence-electron chi connectivity index (χ0n) is 11.4. The Labute approximate surface area is 124 Å². The molecule has 0 saturated carbocycles. The summed E-state index contributed by atoms with van der Waals surface area (Å²) >= 11 is 11.8. The first-order valence-corrected chi connectivity index (χ1v) is 7.11. The molecule has 0 fully saturated rings. The van der Waals surface area contributed by atoms with Crippen LogP contribution in [0.4, 0.5) is 0 Å². The average Bonchev–Trinajstić information content (AvgIpc) is 2.32. The molecule has 1 rings (SSSR count). The van der Waals surface area contributed by atoms with Crippen LogP contribution in [0.15, 0.2) is 18.2 Å². The summed E-state index contributed by atoms with van der Waals surface area (Å²) in [5.74, 6) is 0.309. The van der Waals surface area contributed by atoms with Gasteiger partial charge in [-0.1, -0.05) is 36.5 Å². The van der Waals surface area contributed by atoms with Gasteiger partial charge in [0.15, 0.2) is 6.10 Å². The van der Waals surface area contributed by atoms with Gasteiger partial charge in [0.2, 0.25) is 0 Å². The van der Waals surface area contributed by atoms with Gasteiger partial charge >= 0.3 is 0 Å². The van der Waals surface area contributed by atoms with E-state index in [4.69, 9.17) is 27.9 Å². The third-order valence-electron chi connectivity index (χ3n) is 2.68. The maximum absolute atomic E-state index is 11.9. The molecular weight excluding hydrogens is 285 g/mol. The highest BCUT2D eigenvalue weighted by Gasteiger charge is 2.17. The summed E-state index contributed by atoms with van der Waals surface area (Å²) < 4.78 is 5.54. The lowest BCUT2D eigenvalue weighted by Crippen LogP contribution is -2.41. The molecule has 0 radical (unpaired) electrons. The number of carbonyl (C=O) groups is 1. The fourth-order valence-electron chi connectivity index (χ4n) is 1.68. The molecule has 1 N–H and O–H groups in total. The zero-order chi connectivity index (χ0) is 14.4. The molecule has 5 heteroatoms. The fourth-order valence-corrected chi connectivity index (χ4v) is 2.13. The van der Waals surface area contributed by atoms with Gasteiger partial charge in [0.05, 0.1) is 5.02 Å². The fraction of sp³-hybridized carbons (Fsp3) is 0.500. The van der Waals surface area contributed by atoms with E-state index in [0.717, 1.165) is 12.8 Å². The van der Waals surface area contributed by atoms with Crippen LogP contribution in [-0.2, 0) is 4.79 Å². The summed E-state index contributed by atoms with van der Waals surface area (Å²) in [4.78, 5) is 11.9. The van der Waals surface area contributed by atoms with E-state index in [-0.39, 0.29) is 11.9 Å². The van der Waals surface area contributed by atoms with Crippen LogP contribution in [0.5, 0.6) is 5.75 Å². The lowest BCUT2D eigenvalue weighted by atomic mass is 10.2. The molecule has 3 nitrogen and oxygen atoms in total. The minimum absolute atomic E-state index is 0.143. The second-order valence-electron chi connectivity index (χ2n) is 4.53. The number of benzene rings is 1. The second-order valence-corrected chi connectivity index (χ2v) is 5.38. The maximum Gasteiger partial charge on any atom is 0.260 e. The number of halogens is 2. The molecule has 1 amide bonds. The van der Waals surface area contributed by atoms with Crippen LogP contribution in [0, 0.1) is 0 Å². The third kappa shape index (κ3) is 5.29. The number of amides is 1. The van der Waals surface area contributed by atoms with Gasteiger partial charge in [-0.2, -0.15) is 0 Å². The summed E-state index contributed by atoms with van der Waals surface area (Å²) in [5, 5.41) is 3.83. The van der Waals surface area contributed by atoms with Crippen molar-refractivity contribution in [2.45, 2.75) is 45.8 Å². The Kier molecular flexibility index (Phi) is 6.46. The predicted molar refractivity (Wildman–Crippen MR) is 79.1 cm³/mol. The van der Waals surface area contributed by atoms with Gasteiger partial charge < -0.3 is 10.1 Å². The quantitative estimate of drug-likeness (QED) is 0.860. The lowest BCUT2D eigenvalue weighted by Gasteiger charge is -2.18. The minimum atomic E-state index is -0.599. The van der Waals surface area contributed by atoms with Gasteiger partial charge in [-0.3, -0.25) is 4.79 Å². The standard InChI is InChI=1S/C14H19Cl2NO2/c1-4-5-9(2)17-14(18)10(3)19-13-7-6-11(15)8-12(13)16/h6-10H,4-5H2,1-3H3,(H,17,18)/t9-,10+/m1/s1. The number of hydrogen-bond donors (Lipinski definition) is 1. The summed E-state index contributed by atoms with van der Waals surface area (Å²) in [6, 6.07) is 5.06. The molecule has 0 aliphatic heterocycles. The molecule has 1 aromatic rings. The number of rotatable bonds is 6. The zero-order valence-corrected chi connectivity index (χ0v) is 12.9. The predicted octanol–water partition coefficient (Wildman–Crippen LogP) is 4.07. The SMILES string of the molecule is CCC[C@@H](C)NC(=O)[C@H](C)Oc1ccc(Cl)cc1Cl. The maximum atomic E-state index is 11.9. The average molecular weight is 304 g/mol. The van der Waals surface area contributed by atoms with Crippen molar-refractivity contribution in [3.05, 3.63) is 28.2 Å². The van der Waals surface area contributed by atoms with Crippen molar-refractivity contribution in [3.63, 3.8) is 0 Å². The van der Waals surface area contributed by atoms with Crippen molar-refractivity contribution < 1.29 is 9.53 Å². The van der Waals surface area contributed by atoms with E-state index >= 15 is 0 Å². The van der Waals surface area contributed by atoms with Crippen LogP contribution in [0.3, 0.4) is 0 Å². The molecular formula is C14H19Cl2NO2. The number of nitrogens with one attached hydrogen (secondary N) is 1. The Morgan fingerprint density at radius 1 is 1.37 bits per heavy atom. The van der Waals surface area contributed by atoms with E-state index < -0.39 is 6.10 Å². The lowest BCUT2D eigenvalue weighted by molar-refractivity contribution is -0.127. The van der Waals surface area contributed by atoms with Crippen molar-refractivity contribution in [2.75, 3.05) is 0 Å². The van der Waals surface area contributed by atoms with E-state index in [9.17, 15) is 4.79 Å². The summed E-state index contributed by atoms with van der Waals surface area (Å²) in [6.07, 6.45) is 1.37. The molecule has 19 heavy (non-hydrogen) atoms. The Balaban J connectivity index is 2.58. The van der Waals surface area contributed by atoms with E-state index in [1.165, 1.54) is 0 Å². The first kappa shape index (κ1) is 16.1. The largest absolute Gasteiger partial charge is 0.479 e. The van der Waals surface area contributed by atoms with Crippen molar-refractivity contribution >= 4 is 29.1 Å². The Morgan fingerprint density at radius 3 is 2.63 bits per heavy atom.